The van der Waals surface area contributed by atoms with Crippen LogP contribution >= 0.6 is 0 Å². The molecule has 0 unspecified atom stereocenters. The fourth-order valence-corrected chi connectivity index (χ4v) is 8.66. The van der Waals surface area contributed by atoms with Crippen molar-refractivity contribution in [2.45, 2.75) is 0 Å². The van der Waals surface area contributed by atoms with Gasteiger partial charge in [0.15, 0.2) is 5.82 Å². The molecule has 4 heterocycles. The summed E-state index contributed by atoms with van der Waals surface area (Å²) in [5, 5.41) is 3.95. The van der Waals surface area contributed by atoms with Crippen molar-refractivity contribution in [2.75, 3.05) is 0 Å². The molecule has 12 rings (SSSR count). The average molecular weight is 794 g/mol. The Morgan fingerprint density at radius 1 is 0.274 bits per heavy atom. The first-order chi connectivity index (χ1) is 30.7. The minimum absolute atomic E-state index is 0.567. The van der Waals surface area contributed by atoms with Crippen molar-refractivity contribution in [3.63, 3.8) is 0 Å². The number of hydrogen-bond acceptors (Lipinski definition) is 5. The molecule has 0 amide bonds. The molecule has 0 aliphatic rings. The Morgan fingerprint density at radius 3 is 1.35 bits per heavy atom. The Labute approximate surface area is 357 Å². The van der Waals surface area contributed by atoms with E-state index in [4.69, 9.17) is 23.8 Å². The molecule has 0 saturated carbocycles. The molecule has 8 aromatic carbocycles. The predicted octanol–water partition coefficient (Wildman–Crippen LogP) is 15.3. The molecule has 5 heteroatoms. The number of benzene rings is 8. The van der Waals surface area contributed by atoms with E-state index in [0.29, 0.717) is 11.5 Å². The molecule has 0 N–H and O–H groups in total. The van der Waals surface area contributed by atoms with Gasteiger partial charge in [0.1, 0.15) is 16.7 Å². The Balaban J connectivity index is 0.921. The molecule has 0 spiro atoms. The van der Waals surface area contributed by atoms with E-state index in [1.54, 1.807) is 0 Å². The van der Waals surface area contributed by atoms with E-state index < -0.39 is 0 Å². The highest BCUT2D eigenvalue weighted by atomic mass is 16.3. The van der Waals surface area contributed by atoms with Gasteiger partial charge in [-0.05, 0) is 57.6 Å². The largest absolute Gasteiger partial charge is 0.456 e. The van der Waals surface area contributed by atoms with E-state index in [-0.39, 0.29) is 0 Å². The minimum atomic E-state index is 0.567. The number of para-hydroxylation sites is 2. The van der Waals surface area contributed by atoms with Gasteiger partial charge in [-0.25, -0.2) is 9.97 Å². The van der Waals surface area contributed by atoms with Crippen LogP contribution in [0.25, 0.3) is 123 Å². The number of fused-ring (bicyclic) bond motifs is 6. The second-order valence-corrected chi connectivity index (χ2v) is 15.6. The number of hydrogen-bond donors (Lipinski definition) is 0. The second kappa shape index (κ2) is 14.7. The van der Waals surface area contributed by atoms with Gasteiger partial charge in [0.05, 0.1) is 27.9 Å². The summed E-state index contributed by atoms with van der Waals surface area (Å²) in [5.74, 6) is 0.616. The highest BCUT2D eigenvalue weighted by molar-refractivity contribution is 6.13. The molecular formula is C57H35N3O2. The second-order valence-electron chi connectivity index (χ2n) is 15.6. The summed E-state index contributed by atoms with van der Waals surface area (Å²) in [5.41, 5.74) is 16.3. The van der Waals surface area contributed by atoms with E-state index in [1.807, 2.05) is 42.5 Å². The van der Waals surface area contributed by atoms with Gasteiger partial charge in [0, 0.05) is 39.1 Å². The minimum Gasteiger partial charge on any atom is -0.456 e. The van der Waals surface area contributed by atoms with E-state index in [2.05, 4.69) is 170 Å². The number of rotatable bonds is 7. The van der Waals surface area contributed by atoms with E-state index in [0.717, 1.165) is 111 Å². The van der Waals surface area contributed by atoms with Gasteiger partial charge in [-0.3, -0.25) is 0 Å². The molecule has 0 atom stereocenters. The summed E-state index contributed by atoms with van der Waals surface area (Å²) in [7, 11) is 0. The topological polar surface area (TPSA) is 65.0 Å². The maximum Gasteiger partial charge on any atom is 0.231 e. The smallest absolute Gasteiger partial charge is 0.231 e. The first-order valence-electron chi connectivity index (χ1n) is 20.7. The van der Waals surface area contributed by atoms with Crippen molar-refractivity contribution in [1.29, 1.82) is 0 Å². The summed E-state index contributed by atoms with van der Waals surface area (Å²) in [6.07, 6.45) is 0. The first-order valence-corrected chi connectivity index (χ1v) is 20.7. The Bertz CT molecular complexity index is 3370. The van der Waals surface area contributed by atoms with Crippen LogP contribution in [0.3, 0.4) is 0 Å². The quantitative estimate of drug-likeness (QED) is 0.161. The van der Waals surface area contributed by atoms with Crippen LogP contribution in [0.5, 0.6) is 0 Å². The summed E-state index contributed by atoms with van der Waals surface area (Å²) >= 11 is 0. The monoisotopic (exact) mass is 793 g/mol. The van der Waals surface area contributed by atoms with Crippen molar-refractivity contribution in [3.8, 4) is 78.5 Å². The van der Waals surface area contributed by atoms with Gasteiger partial charge in [-0.2, -0.15) is 4.98 Å². The Hall–Kier alpha value is -8.41. The maximum atomic E-state index is 6.48. The molecule has 5 nitrogen and oxygen atoms in total. The third-order valence-electron chi connectivity index (χ3n) is 11.7. The van der Waals surface area contributed by atoms with E-state index in [1.165, 1.54) is 0 Å². The lowest BCUT2D eigenvalue weighted by Gasteiger charge is -2.11. The van der Waals surface area contributed by atoms with Crippen LogP contribution in [0, 0.1) is 0 Å². The third-order valence-corrected chi connectivity index (χ3v) is 11.7. The molecule has 4 aromatic heterocycles. The molecular weight excluding hydrogens is 759 g/mol. The predicted molar refractivity (Wildman–Crippen MR) is 252 cm³/mol. The lowest BCUT2D eigenvalue weighted by molar-refractivity contribution is 0.653. The van der Waals surface area contributed by atoms with Gasteiger partial charge in [0.2, 0.25) is 5.71 Å². The highest BCUT2D eigenvalue weighted by Gasteiger charge is 2.20. The van der Waals surface area contributed by atoms with Gasteiger partial charge in [-0.1, -0.05) is 182 Å². The summed E-state index contributed by atoms with van der Waals surface area (Å²) in [6.45, 7) is 0. The van der Waals surface area contributed by atoms with Crippen LogP contribution < -0.4 is 0 Å². The van der Waals surface area contributed by atoms with Crippen molar-refractivity contribution < 1.29 is 8.83 Å². The molecule has 0 fully saturated rings. The number of pyridine rings is 1. The summed E-state index contributed by atoms with van der Waals surface area (Å²) < 4.78 is 12.9. The van der Waals surface area contributed by atoms with Crippen molar-refractivity contribution in [1.82, 2.24) is 15.0 Å². The van der Waals surface area contributed by atoms with E-state index >= 15 is 0 Å². The first kappa shape index (κ1) is 35.5. The molecule has 0 saturated heterocycles. The molecule has 0 bridgehead atoms. The molecule has 12 aromatic rings. The lowest BCUT2D eigenvalue weighted by Crippen LogP contribution is -1.94. The van der Waals surface area contributed by atoms with Crippen LogP contribution in [0.2, 0.25) is 0 Å². The molecule has 0 aliphatic heterocycles. The third kappa shape index (κ3) is 6.23. The van der Waals surface area contributed by atoms with Crippen LogP contribution in [-0.4, -0.2) is 15.0 Å². The van der Waals surface area contributed by atoms with Crippen LogP contribution in [-0.2, 0) is 0 Å². The van der Waals surface area contributed by atoms with Crippen molar-refractivity contribution >= 4 is 44.0 Å². The standard InChI is InChI=1S/C57H35N3O2/c1-3-13-36(14-4-1)42-17-11-19-44(33-42)48-35-51-52(46-21-7-9-23-49(46)61-51)54(58-48)40-29-25-38(26-30-40)39-27-31-41(32-28-39)55-53-47-22-8-10-24-50(47)62-57(53)60-56(59-55)45-20-12-18-43(34-45)37-15-5-2-6-16-37/h1-35H. The number of aromatic nitrogens is 3. The number of nitrogens with zero attached hydrogens (tertiary/aromatic N) is 3. The van der Waals surface area contributed by atoms with Crippen LogP contribution in [0.4, 0.5) is 0 Å². The van der Waals surface area contributed by atoms with Crippen molar-refractivity contribution in [2.24, 2.45) is 0 Å². The summed E-state index contributed by atoms with van der Waals surface area (Å²) in [6, 6.07) is 73.4. The average Bonchev–Trinajstić information content (AvgIpc) is 3.93. The highest BCUT2D eigenvalue weighted by Crippen LogP contribution is 2.41. The van der Waals surface area contributed by atoms with Gasteiger partial charge in [-0.15, -0.1) is 0 Å². The van der Waals surface area contributed by atoms with Gasteiger partial charge >= 0.3 is 0 Å². The SMILES string of the molecule is c1ccc(-c2cccc(-c3cc4oc5ccccc5c4c(-c4ccc(-c5ccc(-c6nc(-c7cccc(-c8ccccc8)c7)nc7oc8ccccc8c67)cc5)cc4)n3)c2)cc1. The normalized spacial score (nSPS) is 11.5. The number of furan rings is 2. The molecule has 0 radical (unpaired) electrons. The molecule has 62 heavy (non-hydrogen) atoms. The van der Waals surface area contributed by atoms with Gasteiger partial charge in [0.25, 0.3) is 0 Å². The molecule has 290 valence electrons. The lowest BCUT2D eigenvalue weighted by atomic mass is 9.97. The Kier molecular flexibility index (Phi) is 8.42. The van der Waals surface area contributed by atoms with Crippen LogP contribution in [0.15, 0.2) is 221 Å². The zero-order chi connectivity index (χ0) is 41.0. The zero-order valence-electron chi connectivity index (χ0n) is 33.4. The fourth-order valence-electron chi connectivity index (χ4n) is 8.66. The zero-order valence-corrected chi connectivity index (χ0v) is 33.4. The fraction of sp³-hybridized carbons (Fsp3) is 0. The summed E-state index contributed by atoms with van der Waals surface area (Å²) in [4.78, 5) is 15.6. The van der Waals surface area contributed by atoms with Crippen molar-refractivity contribution in [3.05, 3.63) is 212 Å². The van der Waals surface area contributed by atoms with Gasteiger partial charge < -0.3 is 8.83 Å². The van der Waals surface area contributed by atoms with Crippen LogP contribution in [0.1, 0.15) is 0 Å². The Morgan fingerprint density at radius 2 is 0.726 bits per heavy atom. The maximum absolute atomic E-state index is 6.48. The molecule has 0 aliphatic carbocycles. The van der Waals surface area contributed by atoms with E-state index in [9.17, 15) is 0 Å².